The summed E-state index contributed by atoms with van der Waals surface area (Å²) in [4.78, 5) is 18.1. The molecule has 0 saturated carbocycles. The summed E-state index contributed by atoms with van der Waals surface area (Å²) >= 11 is 5.19. The quantitative estimate of drug-likeness (QED) is 0.869. The fourth-order valence-corrected chi connectivity index (χ4v) is 2.91. The van der Waals surface area contributed by atoms with Crippen LogP contribution in [-0.4, -0.2) is 38.1 Å². The molecular weight excluding hydrogens is 272 g/mol. The first kappa shape index (κ1) is 13.1. The van der Waals surface area contributed by atoms with Gasteiger partial charge in [-0.05, 0) is 38.2 Å². The number of para-hydroxylation sites is 2. The average molecular weight is 288 g/mol. The van der Waals surface area contributed by atoms with Gasteiger partial charge in [0.2, 0.25) is 0 Å². The summed E-state index contributed by atoms with van der Waals surface area (Å²) in [6.45, 7) is 5.06. The topological polar surface area (TPSA) is 50.2 Å². The zero-order chi connectivity index (χ0) is 14.3. The molecule has 0 bridgehead atoms. The van der Waals surface area contributed by atoms with Crippen molar-refractivity contribution in [3.05, 3.63) is 30.1 Å². The number of imidazole rings is 1. The fourth-order valence-electron chi connectivity index (χ4n) is 2.55. The van der Waals surface area contributed by atoms with Gasteiger partial charge in [0.05, 0.1) is 11.0 Å². The Balaban J connectivity index is 1.82. The molecule has 1 amide bonds. The normalized spacial score (nSPS) is 18.9. The van der Waals surface area contributed by atoms with E-state index in [9.17, 15) is 4.79 Å². The third-order valence-electron chi connectivity index (χ3n) is 3.61. The van der Waals surface area contributed by atoms with E-state index in [0.29, 0.717) is 18.2 Å². The number of hydrogen-bond donors (Lipinski definition) is 1. The van der Waals surface area contributed by atoms with Crippen LogP contribution in [0.1, 0.15) is 12.7 Å². The maximum absolute atomic E-state index is 12.0. The molecule has 5 nitrogen and oxygen atoms in total. The lowest BCUT2D eigenvalue weighted by molar-refractivity contribution is -0.126. The van der Waals surface area contributed by atoms with Crippen molar-refractivity contribution in [2.45, 2.75) is 26.4 Å². The van der Waals surface area contributed by atoms with Crippen LogP contribution in [0.4, 0.5) is 0 Å². The molecule has 1 fully saturated rings. The largest absolute Gasteiger partial charge is 0.351 e. The number of nitrogens with zero attached hydrogens (tertiary/aromatic N) is 3. The van der Waals surface area contributed by atoms with Gasteiger partial charge >= 0.3 is 0 Å². The van der Waals surface area contributed by atoms with Crippen LogP contribution in [0.25, 0.3) is 11.0 Å². The number of thiocarbonyl (C=S) groups is 1. The second-order valence-corrected chi connectivity index (χ2v) is 5.35. The lowest BCUT2D eigenvalue weighted by Gasteiger charge is -2.16. The van der Waals surface area contributed by atoms with Crippen molar-refractivity contribution in [3.63, 3.8) is 0 Å². The van der Waals surface area contributed by atoms with E-state index in [1.807, 2.05) is 38.1 Å². The zero-order valence-corrected chi connectivity index (χ0v) is 12.3. The average Bonchev–Trinajstić information content (AvgIpc) is 2.86. The van der Waals surface area contributed by atoms with E-state index in [1.54, 1.807) is 4.90 Å². The van der Waals surface area contributed by atoms with E-state index < -0.39 is 0 Å². The number of carbonyl (C=O) groups is 1. The number of amides is 1. The third-order valence-corrected chi connectivity index (χ3v) is 3.95. The first-order valence-corrected chi connectivity index (χ1v) is 7.02. The minimum Gasteiger partial charge on any atom is -0.351 e. The van der Waals surface area contributed by atoms with Crippen LogP contribution in [0.5, 0.6) is 0 Å². The monoisotopic (exact) mass is 288 g/mol. The molecular formula is C14H16N4OS. The number of aryl methyl sites for hydroxylation is 1. The number of aromatic nitrogens is 2. The molecule has 3 rings (SSSR count). The number of fused-ring (bicyclic) bond motifs is 1. The number of hydrogen-bond acceptors (Lipinski definition) is 3. The van der Waals surface area contributed by atoms with Crippen molar-refractivity contribution in [2.75, 3.05) is 6.54 Å². The van der Waals surface area contributed by atoms with Crippen LogP contribution in [-0.2, 0) is 11.3 Å². The molecule has 0 unspecified atom stereocenters. The van der Waals surface area contributed by atoms with Crippen LogP contribution in [0.2, 0.25) is 0 Å². The Hall–Kier alpha value is -1.95. The van der Waals surface area contributed by atoms with Gasteiger partial charge in [0.1, 0.15) is 11.9 Å². The van der Waals surface area contributed by atoms with E-state index in [0.717, 1.165) is 16.9 Å². The molecule has 0 spiro atoms. The fraction of sp³-hybridized carbons (Fsp3) is 0.357. The van der Waals surface area contributed by atoms with Gasteiger partial charge in [0.15, 0.2) is 5.11 Å². The highest BCUT2D eigenvalue weighted by Crippen LogP contribution is 2.16. The van der Waals surface area contributed by atoms with Crippen molar-refractivity contribution in [3.8, 4) is 0 Å². The predicted molar refractivity (Wildman–Crippen MR) is 81.4 cm³/mol. The Morgan fingerprint density at radius 3 is 2.80 bits per heavy atom. The summed E-state index contributed by atoms with van der Waals surface area (Å²) in [5.74, 6) is 0.988. The minimum absolute atomic E-state index is 0.0390. The van der Waals surface area contributed by atoms with Gasteiger partial charge < -0.3 is 9.88 Å². The van der Waals surface area contributed by atoms with Gasteiger partial charge in [-0.25, -0.2) is 4.98 Å². The molecule has 1 saturated heterocycles. The molecule has 0 radical (unpaired) electrons. The van der Waals surface area contributed by atoms with E-state index in [-0.39, 0.29) is 11.9 Å². The van der Waals surface area contributed by atoms with Crippen LogP contribution in [0, 0.1) is 6.92 Å². The highest BCUT2D eigenvalue weighted by Gasteiger charge is 2.31. The van der Waals surface area contributed by atoms with Crippen molar-refractivity contribution in [2.24, 2.45) is 0 Å². The molecule has 1 N–H and O–H groups in total. The van der Waals surface area contributed by atoms with Crippen LogP contribution >= 0.6 is 12.2 Å². The third kappa shape index (κ3) is 2.06. The van der Waals surface area contributed by atoms with Crippen molar-refractivity contribution < 1.29 is 4.79 Å². The maximum atomic E-state index is 12.0. The first-order valence-electron chi connectivity index (χ1n) is 6.61. The van der Waals surface area contributed by atoms with E-state index >= 15 is 0 Å². The Labute approximate surface area is 122 Å². The number of benzene rings is 1. The SMILES string of the molecule is Cc1nc2ccccc2n1CCN1C(=O)[C@H](C)NC1=S. The summed E-state index contributed by atoms with van der Waals surface area (Å²) < 4.78 is 2.12. The van der Waals surface area contributed by atoms with Crippen LogP contribution in [0.15, 0.2) is 24.3 Å². The summed E-state index contributed by atoms with van der Waals surface area (Å²) in [5, 5.41) is 3.50. The smallest absolute Gasteiger partial charge is 0.251 e. The molecule has 6 heteroatoms. The first-order chi connectivity index (χ1) is 9.58. The highest BCUT2D eigenvalue weighted by atomic mass is 32.1. The van der Waals surface area contributed by atoms with E-state index in [2.05, 4.69) is 14.9 Å². The second kappa shape index (κ2) is 4.86. The Morgan fingerprint density at radius 1 is 1.35 bits per heavy atom. The summed E-state index contributed by atoms with van der Waals surface area (Å²) in [6, 6.07) is 7.79. The van der Waals surface area contributed by atoms with Crippen molar-refractivity contribution in [1.29, 1.82) is 0 Å². The summed E-state index contributed by atoms with van der Waals surface area (Å²) in [5.41, 5.74) is 2.07. The molecule has 1 aromatic carbocycles. The molecule has 20 heavy (non-hydrogen) atoms. The molecule has 2 aromatic rings. The highest BCUT2D eigenvalue weighted by molar-refractivity contribution is 7.80. The molecule has 2 heterocycles. The molecule has 1 atom stereocenters. The predicted octanol–water partition coefficient (Wildman–Crippen LogP) is 1.45. The molecule has 1 aromatic heterocycles. The Morgan fingerprint density at radius 2 is 2.10 bits per heavy atom. The molecule has 104 valence electrons. The Bertz CT molecular complexity index is 694. The molecule has 1 aliphatic rings. The maximum Gasteiger partial charge on any atom is 0.251 e. The number of rotatable bonds is 3. The van der Waals surface area contributed by atoms with Gasteiger partial charge in [0, 0.05) is 13.1 Å². The van der Waals surface area contributed by atoms with Gasteiger partial charge in [-0.2, -0.15) is 0 Å². The molecule has 0 aliphatic carbocycles. The lowest BCUT2D eigenvalue weighted by atomic mass is 10.3. The van der Waals surface area contributed by atoms with Gasteiger partial charge in [-0.1, -0.05) is 12.1 Å². The standard InChI is InChI=1S/C14H16N4OS/c1-9-13(19)18(14(20)15-9)8-7-17-10(2)16-11-5-3-4-6-12(11)17/h3-6,9H,7-8H2,1-2H3,(H,15,20)/t9-/m0/s1. The summed E-state index contributed by atoms with van der Waals surface area (Å²) in [7, 11) is 0. The second-order valence-electron chi connectivity index (χ2n) is 4.96. The minimum atomic E-state index is -0.219. The zero-order valence-electron chi connectivity index (χ0n) is 11.5. The van der Waals surface area contributed by atoms with Crippen LogP contribution < -0.4 is 5.32 Å². The lowest BCUT2D eigenvalue weighted by Crippen LogP contribution is -2.34. The summed E-state index contributed by atoms with van der Waals surface area (Å²) in [6.07, 6.45) is 0. The molecule has 1 aliphatic heterocycles. The van der Waals surface area contributed by atoms with Crippen molar-refractivity contribution >= 4 is 34.3 Å². The van der Waals surface area contributed by atoms with Gasteiger partial charge in [0.25, 0.3) is 5.91 Å². The Kier molecular flexibility index (Phi) is 3.17. The van der Waals surface area contributed by atoms with E-state index in [4.69, 9.17) is 12.2 Å². The van der Waals surface area contributed by atoms with E-state index in [1.165, 1.54) is 0 Å². The van der Waals surface area contributed by atoms with Crippen LogP contribution in [0.3, 0.4) is 0 Å². The van der Waals surface area contributed by atoms with Gasteiger partial charge in [-0.15, -0.1) is 0 Å². The number of nitrogens with one attached hydrogen (secondary N) is 1. The number of carbonyl (C=O) groups excluding carboxylic acids is 1. The van der Waals surface area contributed by atoms with Crippen molar-refractivity contribution in [1.82, 2.24) is 19.8 Å². The van der Waals surface area contributed by atoms with Gasteiger partial charge in [-0.3, -0.25) is 9.69 Å².